The zero-order valence-corrected chi connectivity index (χ0v) is 17.3. The first-order valence-electron chi connectivity index (χ1n) is 9.66. The number of carbonyl (C=O) groups excluding carboxylic acids is 2. The minimum atomic E-state index is -0.503. The zero-order valence-electron chi connectivity index (χ0n) is 17.3. The van der Waals surface area contributed by atoms with Crippen molar-refractivity contribution in [1.29, 1.82) is 0 Å². The van der Waals surface area contributed by atoms with Crippen molar-refractivity contribution in [1.82, 2.24) is 0 Å². The topological polar surface area (TPSA) is 76.7 Å². The van der Waals surface area contributed by atoms with Gasteiger partial charge in [0.05, 0.1) is 19.9 Å². The highest BCUT2D eigenvalue weighted by Gasteiger charge is 2.12. The fraction of sp³-hybridized carbons (Fsp3) is 0.167. The standard InChI is InChI=1S/C24H23FN2O4/c1-30-20-8-3-5-16(13-20)9-12-23(28)26-19-10-11-22(31-2)21(15-19)27-24(29)17-6-4-7-18(25)14-17/h3-8,10-11,13-15H,9,12H2,1-2H3,(H,26,28)(H,27,29). The quantitative estimate of drug-likeness (QED) is 0.553. The number of rotatable bonds is 8. The van der Waals surface area contributed by atoms with Crippen LogP contribution in [0.3, 0.4) is 0 Å². The average Bonchev–Trinajstić information content (AvgIpc) is 2.78. The fourth-order valence-corrected chi connectivity index (χ4v) is 3.02. The highest BCUT2D eigenvalue weighted by molar-refractivity contribution is 6.05. The number of methoxy groups -OCH3 is 2. The maximum atomic E-state index is 13.4. The van der Waals surface area contributed by atoms with Crippen LogP contribution < -0.4 is 20.1 Å². The van der Waals surface area contributed by atoms with Gasteiger partial charge in [0.25, 0.3) is 5.91 Å². The van der Waals surface area contributed by atoms with Crippen LogP contribution in [0.1, 0.15) is 22.3 Å². The summed E-state index contributed by atoms with van der Waals surface area (Å²) in [6.07, 6.45) is 0.840. The number of halogens is 1. The van der Waals surface area contributed by atoms with E-state index in [1.807, 2.05) is 24.3 Å². The second kappa shape index (κ2) is 10.2. The van der Waals surface area contributed by atoms with Crippen molar-refractivity contribution in [3.05, 3.63) is 83.7 Å². The molecule has 0 atom stereocenters. The third-order valence-corrected chi connectivity index (χ3v) is 4.59. The number of carbonyl (C=O) groups is 2. The van der Waals surface area contributed by atoms with E-state index in [1.54, 1.807) is 25.3 Å². The first-order chi connectivity index (χ1) is 15.0. The van der Waals surface area contributed by atoms with E-state index < -0.39 is 11.7 Å². The van der Waals surface area contributed by atoms with Gasteiger partial charge in [-0.15, -0.1) is 0 Å². The van der Waals surface area contributed by atoms with Crippen LogP contribution in [0.2, 0.25) is 0 Å². The number of hydrogen-bond donors (Lipinski definition) is 2. The summed E-state index contributed by atoms with van der Waals surface area (Å²) >= 11 is 0. The molecule has 0 unspecified atom stereocenters. The molecule has 0 spiro atoms. The van der Waals surface area contributed by atoms with Crippen LogP contribution in [-0.2, 0) is 11.2 Å². The van der Waals surface area contributed by atoms with E-state index in [9.17, 15) is 14.0 Å². The van der Waals surface area contributed by atoms with Crippen LogP contribution in [0, 0.1) is 5.82 Å². The molecule has 0 fully saturated rings. The predicted molar refractivity (Wildman–Crippen MR) is 117 cm³/mol. The summed E-state index contributed by atoms with van der Waals surface area (Å²) in [5.74, 6) is -0.00256. The summed E-state index contributed by atoms with van der Waals surface area (Å²) in [4.78, 5) is 24.8. The second-order valence-electron chi connectivity index (χ2n) is 6.78. The van der Waals surface area contributed by atoms with E-state index in [1.165, 1.54) is 25.3 Å². The number of ether oxygens (including phenoxy) is 2. The fourth-order valence-electron chi connectivity index (χ4n) is 3.02. The van der Waals surface area contributed by atoms with Gasteiger partial charge in [0.15, 0.2) is 0 Å². The lowest BCUT2D eigenvalue weighted by Gasteiger charge is -2.13. The summed E-state index contributed by atoms with van der Waals surface area (Å²) in [5, 5.41) is 5.51. The number of anilines is 2. The summed E-state index contributed by atoms with van der Waals surface area (Å²) in [6, 6.07) is 17.8. The molecule has 0 bridgehead atoms. The van der Waals surface area contributed by atoms with Gasteiger partial charge in [0, 0.05) is 17.7 Å². The van der Waals surface area contributed by atoms with Crippen LogP contribution in [0.4, 0.5) is 15.8 Å². The first kappa shape index (κ1) is 21.8. The third-order valence-electron chi connectivity index (χ3n) is 4.59. The number of hydrogen-bond acceptors (Lipinski definition) is 4. The Kier molecular flexibility index (Phi) is 7.22. The van der Waals surface area contributed by atoms with Crippen molar-refractivity contribution in [3.8, 4) is 11.5 Å². The average molecular weight is 422 g/mol. The van der Waals surface area contributed by atoms with Crippen molar-refractivity contribution in [2.75, 3.05) is 24.9 Å². The summed E-state index contributed by atoms with van der Waals surface area (Å²) in [6.45, 7) is 0. The molecule has 0 heterocycles. The minimum absolute atomic E-state index is 0.171. The van der Waals surface area contributed by atoms with Crippen molar-refractivity contribution >= 4 is 23.2 Å². The van der Waals surface area contributed by atoms with Crippen molar-refractivity contribution in [3.63, 3.8) is 0 Å². The third kappa shape index (κ3) is 6.05. The Balaban J connectivity index is 1.66. The van der Waals surface area contributed by atoms with Crippen LogP contribution >= 0.6 is 0 Å². The van der Waals surface area contributed by atoms with E-state index in [4.69, 9.17) is 9.47 Å². The number of nitrogens with one attached hydrogen (secondary N) is 2. The molecule has 3 aromatic carbocycles. The van der Waals surface area contributed by atoms with Gasteiger partial charge in [-0.25, -0.2) is 4.39 Å². The molecule has 31 heavy (non-hydrogen) atoms. The Morgan fingerprint density at radius 1 is 0.903 bits per heavy atom. The lowest BCUT2D eigenvalue weighted by molar-refractivity contribution is -0.116. The van der Waals surface area contributed by atoms with Gasteiger partial charge in [0.2, 0.25) is 5.91 Å². The maximum Gasteiger partial charge on any atom is 0.255 e. The first-order valence-corrected chi connectivity index (χ1v) is 9.66. The molecule has 0 aliphatic heterocycles. The van der Waals surface area contributed by atoms with Gasteiger partial charge in [-0.1, -0.05) is 18.2 Å². The predicted octanol–water partition coefficient (Wildman–Crippen LogP) is 4.67. The minimum Gasteiger partial charge on any atom is -0.497 e. The zero-order chi connectivity index (χ0) is 22.2. The summed E-state index contributed by atoms with van der Waals surface area (Å²) in [5.41, 5.74) is 2.04. The molecule has 2 amide bonds. The van der Waals surface area contributed by atoms with E-state index >= 15 is 0 Å². The van der Waals surface area contributed by atoms with Gasteiger partial charge in [-0.3, -0.25) is 9.59 Å². The molecular weight excluding hydrogens is 399 g/mol. The molecule has 0 aliphatic carbocycles. The number of benzene rings is 3. The van der Waals surface area contributed by atoms with E-state index in [0.717, 1.165) is 17.4 Å². The van der Waals surface area contributed by atoms with Crippen molar-refractivity contribution in [2.24, 2.45) is 0 Å². The Bertz CT molecular complexity index is 1080. The monoisotopic (exact) mass is 422 g/mol. The van der Waals surface area contributed by atoms with Crippen molar-refractivity contribution < 1.29 is 23.5 Å². The molecule has 2 N–H and O–H groups in total. The Morgan fingerprint density at radius 3 is 2.45 bits per heavy atom. The van der Waals surface area contributed by atoms with Crippen LogP contribution in [0.5, 0.6) is 11.5 Å². The number of amides is 2. The molecule has 0 saturated carbocycles. The largest absolute Gasteiger partial charge is 0.497 e. The van der Waals surface area contributed by atoms with Crippen molar-refractivity contribution in [2.45, 2.75) is 12.8 Å². The molecule has 3 rings (SSSR count). The molecular formula is C24H23FN2O4. The highest BCUT2D eigenvalue weighted by atomic mass is 19.1. The molecule has 0 saturated heterocycles. The smallest absolute Gasteiger partial charge is 0.255 e. The summed E-state index contributed by atoms with van der Waals surface area (Å²) < 4.78 is 23.9. The van der Waals surface area contributed by atoms with Gasteiger partial charge in [-0.2, -0.15) is 0 Å². The van der Waals surface area contributed by atoms with Crippen LogP contribution in [0.25, 0.3) is 0 Å². The van der Waals surface area contributed by atoms with E-state index in [0.29, 0.717) is 23.5 Å². The van der Waals surface area contributed by atoms with Crippen LogP contribution in [0.15, 0.2) is 66.7 Å². The normalized spacial score (nSPS) is 10.3. The second-order valence-corrected chi connectivity index (χ2v) is 6.78. The maximum absolute atomic E-state index is 13.4. The molecule has 160 valence electrons. The summed E-state index contributed by atoms with van der Waals surface area (Å²) in [7, 11) is 3.07. The highest BCUT2D eigenvalue weighted by Crippen LogP contribution is 2.28. The lowest BCUT2D eigenvalue weighted by Crippen LogP contribution is -2.15. The number of aryl methyl sites for hydroxylation is 1. The van der Waals surface area contributed by atoms with E-state index in [-0.39, 0.29) is 17.9 Å². The SMILES string of the molecule is COc1cccc(CCC(=O)Nc2ccc(OC)c(NC(=O)c3cccc(F)c3)c2)c1. The van der Waals surface area contributed by atoms with Gasteiger partial charge < -0.3 is 20.1 Å². The van der Waals surface area contributed by atoms with Crippen LogP contribution in [-0.4, -0.2) is 26.0 Å². The molecule has 3 aromatic rings. The van der Waals surface area contributed by atoms with E-state index in [2.05, 4.69) is 10.6 Å². The molecule has 0 aromatic heterocycles. The Morgan fingerprint density at radius 2 is 1.71 bits per heavy atom. The Labute approximate surface area is 180 Å². The Hall–Kier alpha value is -3.87. The van der Waals surface area contributed by atoms with Gasteiger partial charge in [0.1, 0.15) is 17.3 Å². The molecule has 6 nitrogen and oxygen atoms in total. The lowest BCUT2D eigenvalue weighted by atomic mass is 10.1. The van der Waals surface area contributed by atoms with Gasteiger partial charge in [-0.05, 0) is 60.5 Å². The molecule has 0 radical (unpaired) electrons. The van der Waals surface area contributed by atoms with Gasteiger partial charge >= 0.3 is 0 Å². The molecule has 0 aliphatic rings. The molecule has 7 heteroatoms.